The Bertz CT molecular complexity index is 715. The molecule has 0 radical (unpaired) electrons. The molecule has 2 aromatic heterocycles. The first-order valence-corrected chi connectivity index (χ1v) is 7.57. The molecule has 112 valence electrons. The van der Waals surface area contributed by atoms with Gasteiger partial charge in [-0.2, -0.15) is 5.10 Å². The number of hydrogen-bond donors (Lipinski definition) is 1. The Morgan fingerprint density at radius 3 is 2.48 bits per heavy atom. The fourth-order valence-corrected chi connectivity index (χ4v) is 3.53. The number of carboxylic acids is 1. The molecule has 0 aliphatic heterocycles. The summed E-state index contributed by atoms with van der Waals surface area (Å²) < 4.78 is 1.60. The lowest BCUT2D eigenvalue weighted by Crippen LogP contribution is -2.08. The third-order valence-corrected chi connectivity index (χ3v) is 4.48. The number of hydrogen-bond acceptors (Lipinski definition) is 5. The molecule has 0 saturated heterocycles. The molecule has 2 aromatic rings. The fraction of sp³-hybridized carbons (Fsp3) is 0.385. The minimum atomic E-state index is -1.02. The van der Waals surface area contributed by atoms with E-state index in [2.05, 4.69) is 15.1 Å². The van der Waals surface area contributed by atoms with Crippen molar-refractivity contribution in [2.75, 3.05) is 0 Å². The Hall–Kier alpha value is -1.60. The van der Waals surface area contributed by atoms with Crippen molar-refractivity contribution in [2.24, 2.45) is 7.05 Å². The maximum Gasteiger partial charge on any atom is 0.340 e. The van der Waals surface area contributed by atoms with Gasteiger partial charge >= 0.3 is 5.97 Å². The van der Waals surface area contributed by atoms with Crippen LogP contribution in [0.5, 0.6) is 0 Å². The van der Waals surface area contributed by atoms with Gasteiger partial charge in [0.1, 0.15) is 21.6 Å². The molecule has 2 heterocycles. The number of thioether (sulfide) groups is 1. The first-order chi connectivity index (χ1) is 9.81. The normalized spacial score (nSPS) is 10.9. The molecule has 0 atom stereocenters. The number of nitrogens with zero attached hydrogens (tertiary/aromatic N) is 4. The number of halogens is 1. The Balaban J connectivity index is 2.34. The van der Waals surface area contributed by atoms with Crippen molar-refractivity contribution in [1.82, 2.24) is 19.7 Å². The van der Waals surface area contributed by atoms with Crippen molar-refractivity contribution in [3.63, 3.8) is 0 Å². The van der Waals surface area contributed by atoms with E-state index in [1.807, 2.05) is 6.92 Å². The molecular formula is C13H15ClN4O2S. The standard InChI is InChI=1S/C13H15ClN4O2S/c1-6-9(11(14)18(4)17-6)5-21-12-10(13(19)20)7(2)15-8(3)16-12/h5H2,1-4H3,(H,19,20). The molecule has 0 amide bonds. The van der Waals surface area contributed by atoms with Crippen molar-refractivity contribution < 1.29 is 9.90 Å². The molecule has 0 saturated carbocycles. The summed E-state index contributed by atoms with van der Waals surface area (Å²) in [5, 5.41) is 14.6. The number of carboxylic acid groups (broad SMARTS) is 1. The van der Waals surface area contributed by atoms with Crippen molar-refractivity contribution >= 4 is 29.3 Å². The average molecular weight is 327 g/mol. The predicted molar refractivity (Wildman–Crippen MR) is 81.0 cm³/mol. The molecule has 8 heteroatoms. The average Bonchev–Trinajstić information content (AvgIpc) is 2.59. The lowest BCUT2D eigenvalue weighted by atomic mass is 10.2. The fourth-order valence-electron chi connectivity index (χ4n) is 2.01. The van der Waals surface area contributed by atoms with Crippen molar-refractivity contribution in [1.29, 1.82) is 0 Å². The van der Waals surface area contributed by atoms with Crippen LogP contribution in [0.15, 0.2) is 5.03 Å². The van der Waals surface area contributed by atoms with E-state index in [1.54, 1.807) is 25.6 Å². The second-order valence-corrected chi connectivity index (χ2v) is 5.93. The highest BCUT2D eigenvalue weighted by molar-refractivity contribution is 7.98. The van der Waals surface area contributed by atoms with Crippen LogP contribution in [0, 0.1) is 20.8 Å². The van der Waals surface area contributed by atoms with Gasteiger partial charge in [-0.15, -0.1) is 11.8 Å². The molecule has 6 nitrogen and oxygen atoms in total. The van der Waals surface area contributed by atoms with E-state index in [-0.39, 0.29) is 5.56 Å². The second kappa shape index (κ2) is 6.03. The Labute approximate surface area is 131 Å². The van der Waals surface area contributed by atoms with Gasteiger partial charge < -0.3 is 5.11 Å². The summed E-state index contributed by atoms with van der Waals surface area (Å²) >= 11 is 7.51. The Kier molecular flexibility index (Phi) is 4.53. The summed E-state index contributed by atoms with van der Waals surface area (Å²) in [7, 11) is 1.77. The molecule has 0 aliphatic rings. The molecule has 1 N–H and O–H groups in total. The maximum absolute atomic E-state index is 11.4. The van der Waals surface area contributed by atoms with Gasteiger partial charge in [-0.3, -0.25) is 4.68 Å². The highest BCUT2D eigenvalue weighted by atomic mass is 35.5. The van der Waals surface area contributed by atoms with Gasteiger partial charge in [-0.05, 0) is 20.8 Å². The molecule has 0 unspecified atom stereocenters. The minimum absolute atomic E-state index is 0.142. The number of carbonyl (C=O) groups is 1. The van der Waals surface area contributed by atoms with Gasteiger partial charge in [0.2, 0.25) is 0 Å². The first-order valence-electron chi connectivity index (χ1n) is 6.20. The van der Waals surface area contributed by atoms with E-state index in [0.29, 0.717) is 27.5 Å². The molecule has 0 aliphatic carbocycles. The summed E-state index contributed by atoms with van der Waals surface area (Å²) in [4.78, 5) is 19.7. The van der Waals surface area contributed by atoms with Gasteiger partial charge in [0.15, 0.2) is 0 Å². The molecular weight excluding hydrogens is 312 g/mol. The minimum Gasteiger partial charge on any atom is -0.478 e. The van der Waals surface area contributed by atoms with E-state index in [1.165, 1.54) is 11.8 Å². The Morgan fingerprint density at radius 2 is 1.95 bits per heavy atom. The number of rotatable bonds is 4. The van der Waals surface area contributed by atoms with Crippen molar-refractivity contribution in [3.8, 4) is 0 Å². The Morgan fingerprint density at radius 1 is 1.29 bits per heavy atom. The van der Waals surface area contributed by atoms with Gasteiger partial charge in [0.25, 0.3) is 0 Å². The quantitative estimate of drug-likeness (QED) is 0.687. The van der Waals surface area contributed by atoms with E-state index in [4.69, 9.17) is 11.6 Å². The zero-order valence-electron chi connectivity index (χ0n) is 12.1. The zero-order valence-corrected chi connectivity index (χ0v) is 13.7. The summed E-state index contributed by atoms with van der Waals surface area (Å²) in [5.41, 5.74) is 2.32. The third-order valence-electron chi connectivity index (χ3n) is 3.01. The second-order valence-electron chi connectivity index (χ2n) is 4.61. The lowest BCUT2D eigenvalue weighted by molar-refractivity contribution is 0.0690. The molecule has 0 spiro atoms. The van der Waals surface area contributed by atoms with Gasteiger partial charge in [-0.25, -0.2) is 14.8 Å². The summed E-state index contributed by atoms with van der Waals surface area (Å²) in [6, 6.07) is 0. The summed E-state index contributed by atoms with van der Waals surface area (Å²) in [5.74, 6) is 0.0345. The van der Waals surface area contributed by atoms with Crippen LogP contribution < -0.4 is 0 Å². The van der Waals surface area contributed by atoms with Crippen LogP contribution in [-0.2, 0) is 12.8 Å². The van der Waals surface area contributed by atoms with Crippen LogP contribution in [0.3, 0.4) is 0 Å². The maximum atomic E-state index is 11.4. The van der Waals surface area contributed by atoms with E-state index >= 15 is 0 Å². The molecule has 2 rings (SSSR count). The monoisotopic (exact) mass is 326 g/mol. The SMILES string of the molecule is Cc1nc(C)c(C(=O)O)c(SCc2c(C)nn(C)c2Cl)n1. The first kappa shape index (κ1) is 15.8. The van der Waals surface area contributed by atoms with Gasteiger partial charge in [0.05, 0.1) is 11.4 Å². The highest BCUT2D eigenvalue weighted by Crippen LogP contribution is 2.30. The largest absolute Gasteiger partial charge is 0.478 e. The molecule has 0 bridgehead atoms. The lowest BCUT2D eigenvalue weighted by Gasteiger charge is -2.08. The van der Waals surface area contributed by atoms with E-state index in [0.717, 1.165) is 11.3 Å². The summed E-state index contributed by atoms with van der Waals surface area (Å²) in [6.07, 6.45) is 0. The van der Waals surface area contributed by atoms with E-state index < -0.39 is 5.97 Å². The van der Waals surface area contributed by atoms with Crippen molar-refractivity contribution in [3.05, 3.63) is 33.5 Å². The smallest absolute Gasteiger partial charge is 0.340 e. The highest BCUT2D eigenvalue weighted by Gasteiger charge is 2.19. The van der Waals surface area contributed by atoms with Crippen LogP contribution in [-0.4, -0.2) is 30.8 Å². The van der Waals surface area contributed by atoms with E-state index in [9.17, 15) is 9.90 Å². The number of aromatic nitrogens is 4. The van der Waals surface area contributed by atoms with Crippen molar-refractivity contribution in [2.45, 2.75) is 31.6 Å². The molecule has 0 aromatic carbocycles. The van der Waals surface area contributed by atoms with Crippen LogP contribution in [0.2, 0.25) is 5.15 Å². The van der Waals surface area contributed by atoms with Gasteiger partial charge in [0, 0.05) is 18.4 Å². The zero-order chi connectivity index (χ0) is 15.7. The van der Waals surface area contributed by atoms with Crippen LogP contribution in [0.1, 0.15) is 33.1 Å². The molecule has 21 heavy (non-hydrogen) atoms. The van der Waals surface area contributed by atoms with Crippen LogP contribution in [0.25, 0.3) is 0 Å². The number of aryl methyl sites for hydroxylation is 4. The number of aromatic carboxylic acids is 1. The van der Waals surface area contributed by atoms with Crippen LogP contribution >= 0.6 is 23.4 Å². The van der Waals surface area contributed by atoms with Gasteiger partial charge in [-0.1, -0.05) is 11.6 Å². The topological polar surface area (TPSA) is 80.9 Å². The third kappa shape index (κ3) is 3.19. The predicted octanol–water partition coefficient (Wildman–Crippen LogP) is 2.78. The molecule has 0 fully saturated rings. The summed E-state index contributed by atoms with van der Waals surface area (Å²) in [6.45, 7) is 5.28. The van der Waals surface area contributed by atoms with Crippen LogP contribution in [0.4, 0.5) is 0 Å².